The van der Waals surface area contributed by atoms with Crippen LogP contribution in [0.3, 0.4) is 0 Å². The van der Waals surface area contributed by atoms with Gasteiger partial charge in [-0.25, -0.2) is 9.37 Å². The van der Waals surface area contributed by atoms with E-state index in [2.05, 4.69) is 15.3 Å². The molecule has 8 heteroatoms. The van der Waals surface area contributed by atoms with Gasteiger partial charge in [-0.1, -0.05) is 25.2 Å². The van der Waals surface area contributed by atoms with E-state index in [0.29, 0.717) is 30.1 Å². The molecule has 1 aromatic heterocycles. The molecule has 1 amide bonds. The fourth-order valence-corrected chi connectivity index (χ4v) is 4.09. The number of piperidine rings is 1. The summed E-state index contributed by atoms with van der Waals surface area (Å²) in [5, 5.41) is 2.98. The van der Waals surface area contributed by atoms with E-state index in [-0.39, 0.29) is 23.6 Å². The molecule has 0 aromatic carbocycles. The van der Waals surface area contributed by atoms with Gasteiger partial charge in [0.05, 0.1) is 6.20 Å². The van der Waals surface area contributed by atoms with Gasteiger partial charge in [0.1, 0.15) is 5.76 Å². The Bertz CT molecular complexity index is 830. The van der Waals surface area contributed by atoms with Gasteiger partial charge < -0.3 is 15.0 Å². The largest absolute Gasteiger partial charge is 0.484 e. The molecule has 3 rings (SSSR count). The zero-order valence-electron chi connectivity index (χ0n) is 17.4. The minimum atomic E-state index is -0.443. The summed E-state index contributed by atoms with van der Waals surface area (Å²) in [5.74, 6) is 1.96. The Morgan fingerprint density at radius 3 is 2.90 bits per heavy atom. The highest BCUT2D eigenvalue weighted by Crippen LogP contribution is 2.54. The average Bonchev–Trinajstić information content (AvgIpc) is 3.18. The van der Waals surface area contributed by atoms with Gasteiger partial charge in [-0.2, -0.15) is 4.98 Å². The lowest BCUT2D eigenvalue weighted by Crippen LogP contribution is -2.30. The highest BCUT2D eigenvalue weighted by atomic mass is 35.5. The van der Waals surface area contributed by atoms with E-state index in [9.17, 15) is 9.18 Å². The van der Waals surface area contributed by atoms with Gasteiger partial charge in [0.25, 0.3) is 5.91 Å². The second-order valence-corrected chi connectivity index (χ2v) is 7.88. The van der Waals surface area contributed by atoms with Crippen molar-refractivity contribution in [3.05, 3.63) is 53.4 Å². The number of carbonyl (C=O) groups is 1. The van der Waals surface area contributed by atoms with Gasteiger partial charge in [0, 0.05) is 19.6 Å². The van der Waals surface area contributed by atoms with Crippen molar-refractivity contribution >= 4 is 23.3 Å². The van der Waals surface area contributed by atoms with Crippen molar-refractivity contribution in [2.45, 2.75) is 26.7 Å². The summed E-state index contributed by atoms with van der Waals surface area (Å²) in [7, 11) is 0. The molecule has 2 heterocycles. The highest BCUT2D eigenvalue weighted by molar-refractivity contribution is 6.28. The van der Waals surface area contributed by atoms with Gasteiger partial charge in [-0.15, -0.1) is 0 Å². The summed E-state index contributed by atoms with van der Waals surface area (Å²) in [6.07, 6.45) is 12.4. The first-order valence-corrected chi connectivity index (χ1v) is 10.7. The molecular formula is C22H28ClFN4O2. The molecule has 2 aliphatic rings. The van der Waals surface area contributed by atoms with E-state index >= 15 is 0 Å². The van der Waals surface area contributed by atoms with Crippen LogP contribution in [0, 0.1) is 23.6 Å². The molecule has 0 spiro atoms. The maximum absolute atomic E-state index is 13.9. The Hall–Kier alpha value is -2.41. The Morgan fingerprint density at radius 1 is 1.43 bits per heavy atom. The number of amides is 1. The maximum atomic E-state index is 13.9. The van der Waals surface area contributed by atoms with Gasteiger partial charge in [-0.3, -0.25) is 4.79 Å². The lowest BCUT2D eigenvalue weighted by Gasteiger charge is -2.21. The Balaban J connectivity index is 1.36. The van der Waals surface area contributed by atoms with Crippen LogP contribution >= 0.6 is 11.6 Å². The number of rotatable bonds is 10. The van der Waals surface area contributed by atoms with Crippen molar-refractivity contribution in [1.29, 1.82) is 0 Å². The number of hydrogen-bond acceptors (Lipinski definition) is 5. The van der Waals surface area contributed by atoms with Crippen LogP contribution in [0.15, 0.2) is 42.3 Å². The van der Waals surface area contributed by atoms with Crippen molar-refractivity contribution in [3.8, 4) is 0 Å². The fraction of sp³-hybridized carbons (Fsp3) is 0.500. The lowest BCUT2D eigenvalue weighted by molar-refractivity contribution is -0.124. The van der Waals surface area contributed by atoms with Crippen LogP contribution in [0.2, 0.25) is 5.28 Å². The monoisotopic (exact) mass is 434 g/mol. The Morgan fingerprint density at radius 2 is 2.20 bits per heavy atom. The second-order valence-electron chi connectivity index (χ2n) is 7.54. The van der Waals surface area contributed by atoms with E-state index in [1.54, 1.807) is 0 Å². The number of fused-ring (bicyclic) bond motifs is 1. The maximum Gasteiger partial charge on any atom is 0.257 e. The number of anilines is 1. The second kappa shape index (κ2) is 10.6. The number of aromatic nitrogens is 2. The molecule has 1 N–H and O–H groups in total. The van der Waals surface area contributed by atoms with Crippen molar-refractivity contribution in [2.24, 2.45) is 17.8 Å². The molecule has 1 aliphatic carbocycles. The van der Waals surface area contributed by atoms with E-state index in [1.807, 2.05) is 49.1 Å². The first kappa shape index (κ1) is 22.3. The van der Waals surface area contributed by atoms with Crippen LogP contribution < -0.4 is 10.2 Å². The number of allylic oxidation sites excluding steroid dienone is 5. The van der Waals surface area contributed by atoms with Crippen LogP contribution in [-0.4, -0.2) is 42.1 Å². The van der Waals surface area contributed by atoms with Gasteiger partial charge >= 0.3 is 0 Å². The third-order valence-corrected chi connectivity index (χ3v) is 5.69. The summed E-state index contributed by atoms with van der Waals surface area (Å²) in [6, 6.07) is 0. The number of carbonyl (C=O) groups excluding carboxylic acids is 1. The molecule has 6 nitrogen and oxygen atoms in total. The fourth-order valence-electron chi connectivity index (χ4n) is 3.96. The third-order valence-electron chi connectivity index (χ3n) is 5.51. The van der Waals surface area contributed by atoms with Crippen molar-refractivity contribution < 1.29 is 13.9 Å². The van der Waals surface area contributed by atoms with Gasteiger partial charge in [0.2, 0.25) is 5.28 Å². The minimum absolute atomic E-state index is 0.00348. The van der Waals surface area contributed by atoms with Crippen molar-refractivity contribution in [2.75, 3.05) is 31.1 Å². The molecule has 0 radical (unpaired) electrons. The van der Waals surface area contributed by atoms with Gasteiger partial charge in [0.15, 0.2) is 18.2 Å². The predicted molar refractivity (Wildman–Crippen MR) is 116 cm³/mol. The van der Waals surface area contributed by atoms with Gasteiger partial charge in [-0.05, 0) is 61.3 Å². The number of hydrogen-bond donors (Lipinski definition) is 1. The van der Waals surface area contributed by atoms with E-state index in [0.717, 1.165) is 32.1 Å². The SMILES string of the molecule is C\C=C/C=C(\C=C\CC)OCC(=O)NCCC1C2CN(c3nc(Cl)ncc3F)CC12. The molecule has 1 aliphatic heterocycles. The molecule has 162 valence electrons. The Labute approximate surface area is 181 Å². The smallest absolute Gasteiger partial charge is 0.257 e. The molecule has 2 atom stereocenters. The van der Waals surface area contributed by atoms with E-state index in [1.165, 1.54) is 0 Å². The van der Waals surface area contributed by atoms with Crippen molar-refractivity contribution in [1.82, 2.24) is 15.3 Å². The molecule has 1 saturated heterocycles. The third kappa shape index (κ3) is 5.81. The molecule has 2 fully saturated rings. The molecule has 30 heavy (non-hydrogen) atoms. The number of nitrogens with one attached hydrogen (secondary N) is 1. The quantitative estimate of drug-likeness (QED) is 0.343. The molecule has 0 bridgehead atoms. The summed E-state index contributed by atoms with van der Waals surface area (Å²) in [4.78, 5) is 21.7. The number of halogens is 2. The zero-order valence-corrected chi connectivity index (χ0v) is 18.1. The van der Waals surface area contributed by atoms with Crippen LogP contribution in [0.1, 0.15) is 26.7 Å². The topological polar surface area (TPSA) is 67.3 Å². The average molecular weight is 435 g/mol. The van der Waals surface area contributed by atoms with E-state index in [4.69, 9.17) is 16.3 Å². The van der Waals surface area contributed by atoms with Crippen molar-refractivity contribution in [3.63, 3.8) is 0 Å². The summed E-state index contributed by atoms with van der Waals surface area (Å²) < 4.78 is 19.5. The summed E-state index contributed by atoms with van der Waals surface area (Å²) in [5.41, 5.74) is 0. The zero-order chi connectivity index (χ0) is 21.5. The standard InChI is InChI=1S/C22H28ClFN4O2/c1-3-5-7-15(8-6-4-2)30-14-20(29)25-10-9-16-17-12-28(13-18(16)17)21-19(24)11-26-22(23)27-21/h3,5-8,11,16-18H,4,9-10,12-14H2,1-2H3,(H,25,29)/b5-3-,8-6+,15-7+. The number of nitrogens with zero attached hydrogens (tertiary/aromatic N) is 3. The predicted octanol–water partition coefficient (Wildman–Crippen LogP) is 3.90. The summed E-state index contributed by atoms with van der Waals surface area (Å²) in [6.45, 7) is 6.11. The molecule has 1 saturated carbocycles. The van der Waals surface area contributed by atoms with E-state index < -0.39 is 5.82 Å². The molecular weight excluding hydrogens is 407 g/mol. The minimum Gasteiger partial charge on any atom is -0.484 e. The molecule has 2 unspecified atom stereocenters. The van der Waals surface area contributed by atoms with Crippen LogP contribution in [0.5, 0.6) is 0 Å². The van der Waals surface area contributed by atoms with Crippen LogP contribution in [0.4, 0.5) is 10.2 Å². The number of ether oxygens (including phenoxy) is 1. The first-order chi connectivity index (χ1) is 14.5. The molecule has 1 aromatic rings. The van der Waals surface area contributed by atoms with Crippen LogP contribution in [0.25, 0.3) is 0 Å². The first-order valence-electron chi connectivity index (χ1n) is 10.4. The summed E-state index contributed by atoms with van der Waals surface area (Å²) >= 11 is 5.79. The van der Waals surface area contributed by atoms with Crippen LogP contribution in [-0.2, 0) is 9.53 Å². The lowest BCUT2D eigenvalue weighted by atomic mass is 10.2. The highest BCUT2D eigenvalue weighted by Gasteiger charge is 2.55. The normalized spacial score (nSPS) is 23.3. The Kier molecular flexibility index (Phi) is 7.85.